The van der Waals surface area contributed by atoms with E-state index in [4.69, 9.17) is 10.2 Å². The zero-order valence-corrected chi connectivity index (χ0v) is 22.9. The average molecular weight is 515 g/mol. The van der Waals surface area contributed by atoms with Gasteiger partial charge in [-0.2, -0.15) is 5.26 Å². The van der Waals surface area contributed by atoms with Crippen LogP contribution in [0.15, 0.2) is 78.5 Å². The van der Waals surface area contributed by atoms with Crippen LogP contribution in [0.4, 0.5) is 5.82 Å². The number of pyridine rings is 2. The van der Waals surface area contributed by atoms with Crippen molar-refractivity contribution in [1.29, 1.82) is 5.26 Å². The molecular formula is C34H34N4O. The Hall–Kier alpha value is -4.30. The molecule has 5 nitrogen and oxygen atoms in total. The number of aromatic nitrogens is 2. The Balaban J connectivity index is 1.32. The Labute approximate surface area is 230 Å². The molecule has 1 aliphatic rings. The maximum Gasteiger partial charge on any atom is 0.185 e. The molecule has 5 rings (SSSR count). The standard InChI is InChI=1S/C34H34N4O/c1-4-26(27-12-8-25(21-35)9-13-27)10-6-23(2)18-33(39)28-11-7-24(3)30(19-28)31-15-14-29-22-36-34(20-32(29)37-31)38-16-5-17-38/h7-9,11-15,18-20,22,26H,4-6,10,16-17H2,1-3H3. The van der Waals surface area contributed by atoms with Gasteiger partial charge in [0.15, 0.2) is 5.78 Å². The van der Waals surface area contributed by atoms with Gasteiger partial charge in [0.25, 0.3) is 0 Å². The summed E-state index contributed by atoms with van der Waals surface area (Å²) >= 11 is 0. The predicted molar refractivity (Wildman–Crippen MR) is 158 cm³/mol. The van der Waals surface area contributed by atoms with Crippen molar-refractivity contribution in [1.82, 2.24) is 9.97 Å². The molecule has 196 valence electrons. The van der Waals surface area contributed by atoms with Gasteiger partial charge in [0.1, 0.15) is 5.82 Å². The number of nitrogens with zero attached hydrogens (tertiary/aromatic N) is 4. The summed E-state index contributed by atoms with van der Waals surface area (Å²) in [6.45, 7) is 8.37. The van der Waals surface area contributed by atoms with Gasteiger partial charge < -0.3 is 4.90 Å². The highest BCUT2D eigenvalue weighted by molar-refractivity contribution is 6.05. The first kappa shape index (κ1) is 26.3. The third-order valence-electron chi connectivity index (χ3n) is 7.81. The van der Waals surface area contributed by atoms with Crippen LogP contribution < -0.4 is 4.90 Å². The Morgan fingerprint density at radius 2 is 1.90 bits per heavy atom. The topological polar surface area (TPSA) is 69.9 Å². The van der Waals surface area contributed by atoms with Crippen molar-refractivity contribution >= 4 is 22.5 Å². The molecule has 0 radical (unpaired) electrons. The number of benzene rings is 2. The number of aryl methyl sites for hydroxylation is 1. The van der Waals surface area contributed by atoms with Crippen LogP contribution in [0.2, 0.25) is 0 Å². The lowest BCUT2D eigenvalue weighted by atomic mass is 9.89. The minimum Gasteiger partial charge on any atom is -0.356 e. The van der Waals surface area contributed by atoms with E-state index in [1.54, 1.807) is 6.08 Å². The molecule has 1 unspecified atom stereocenters. The van der Waals surface area contributed by atoms with E-state index < -0.39 is 0 Å². The average Bonchev–Trinajstić information content (AvgIpc) is 2.92. The van der Waals surface area contributed by atoms with E-state index in [-0.39, 0.29) is 5.78 Å². The van der Waals surface area contributed by atoms with Gasteiger partial charge in [-0.15, -0.1) is 0 Å². The van der Waals surface area contributed by atoms with E-state index >= 15 is 0 Å². The lowest BCUT2D eigenvalue weighted by Crippen LogP contribution is -2.37. The van der Waals surface area contributed by atoms with Gasteiger partial charge in [-0.05, 0) is 93.0 Å². The number of nitriles is 1. The highest BCUT2D eigenvalue weighted by Gasteiger charge is 2.17. The minimum atomic E-state index is 0.0187. The second-order valence-electron chi connectivity index (χ2n) is 10.5. The van der Waals surface area contributed by atoms with Gasteiger partial charge >= 0.3 is 0 Å². The van der Waals surface area contributed by atoms with Crippen molar-refractivity contribution in [2.75, 3.05) is 18.0 Å². The summed E-state index contributed by atoms with van der Waals surface area (Å²) < 4.78 is 0. The number of carbonyl (C=O) groups is 1. The smallest absolute Gasteiger partial charge is 0.185 e. The Bertz CT molecular complexity index is 1580. The van der Waals surface area contributed by atoms with Crippen LogP contribution in [0.1, 0.15) is 72.5 Å². The molecular weight excluding hydrogens is 480 g/mol. The van der Waals surface area contributed by atoms with Gasteiger partial charge in [-0.25, -0.2) is 9.97 Å². The fraction of sp³-hybridized carbons (Fsp3) is 0.294. The zero-order valence-electron chi connectivity index (χ0n) is 22.9. The van der Waals surface area contributed by atoms with Crippen molar-refractivity contribution in [3.63, 3.8) is 0 Å². The van der Waals surface area contributed by atoms with Crippen LogP contribution in [-0.2, 0) is 0 Å². The summed E-state index contributed by atoms with van der Waals surface area (Å²) in [5, 5.41) is 10.1. The molecule has 1 atom stereocenters. The molecule has 0 bridgehead atoms. The van der Waals surface area contributed by atoms with Gasteiger partial charge in [-0.3, -0.25) is 4.79 Å². The van der Waals surface area contributed by atoms with Gasteiger partial charge in [-0.1, -0.05) is 36.8 Å². The number of carbonyl (C=O) groups excluding carboxylic acids is 1. The number of rotatable bonds is 9. The monoisotopic (exact) mass is 514 g/mol. The largest absolute Gasteiger partial charge is 0.356 e. The first-order chi connectivity index (χ1) is 18.9. The normalized spacial score (nSPS) is 14.1. The van der Waals surface area contributed by atoms with Gasteiger partial charge in [0.2, 0.25) is 0 Å². The molecule has 39 heavy (non-hydrogen) atoms. The lowest BCUT2D eigenvalue weighted by Gasteiger charge is -2.31. The van der Waals surface area contributed by atoms with Crippen LogP contribution in [0.5, 0.6) is 0 Å². The molecule has 1 fully saturated rings. The molecule has 2 aromatic heterocycles. The lowest BCUT2D eigenvalue weighted by molar-refractivity contribution is 0.104. The molecule has 3 heterocycles. The Kier molecular flexibility index (Phi) is 7.84. The summed E-state index contributed by atoms with van der Waals surface area (Å²) in [4.78, 5) is 25.0. The van der Waals surface area contributed by atoms with Crippen molar-refractivity contribution < 1.29 is 4.79 Å². The zero-order chi connectivity index (χ0) is 27.4. The maximum atomic E-state index is 13.2. The number of allylic oxidation sites excluding steroid dienone is 2. The number of hydrogen-bond acceptors (Lipinski definition) is 5. The number of anilines is 1. The summed E-state index contributed by atoms with van der Waals surface area (Å²) in [5.41, 5.74) is 7.52. The van der Waals surface area contributed by atoms with E-state index in [9.17, 15) is 4.79 Å². The van der Waals surface area contributed by atoms with Crippen molar-refractivity contribution in [2.24, 2.45) is 0 Å². The second-order valence-corrected chi connectivity index (χ2v) is 10.5. The molecule has 1 aliphatic heterocycles. The number of fused-ring (bicyclic) bond motifs is 1. The summed E-state index contributed by atoms with van der Waals surface area (Å²) in [6.07, 6.45) is 7.71. The predicted octanol–water partition coefficient (Wildman–Crippen LogP) is 7.79. The summed E-state index contributed by atoms with van der Waals surface area (Å²) in [5.74, 6) is 1.40. The highest BCUT2D eigenvalue weighted by atomic mass is 16.1. The second kappa shape index (κ2) is 11.6. The Morgan fingerprint density at radius 3 is 2.59 bits per heavy atom. The van der Waals surface area contributed by atoms with Crippen molar-refractivity contribution in [3.8, 4) is 17.3 Å². The van der Waals surface area contributed by atoms with Crippen LogP contribution in [0.25, 0.3) is 22.2 Å². The molecule has 0 saturated carbocycles. The minimum absolute atomic E-state index is 0.0187. The van der Waals surface area contributed by atoms with Crippen LogP contribution in [0, 0.1) is 18.3 Å². The SMILES string of the molecule is CCC(CCC(C)=CC(=O)c1ccc(C)c(-c2ccc3cnc(N4CCC4)cc3n2)c1)c1ccc(C#N)cc1. The molecule has 4 aromatic rings. The summed E-state index contributed by atoms with van der Waals surface area (Å²) in [6, 6.07) is 22.1. The van der Waals surface area contributed by atoms with Crippen molar-refractivity contribution in [3.05, 3.63) is 101 Å². The van der Waals surface area contributed by atoms with Gasteiger partial charge in [0.05, 0.1) is 22.8 Å². The van der Waals surface area contributed by atoms with Crippen LogP contribution in [0.3, 0.4) is 0 Å². The molecule has 0 amide bonds. The van der Waals surface area contributed by atoms with E-state index in [1.165, 1.54) is 12.0 Å². The fourth-order valence-electron chi connectivity index (χ4n) is 5.14. The quantitative estimate of drug-likeness (QED) is 0.168. The molecule has 0 aliphatic carbocycles. The number of hydrogen-bond donors (Lipinski definition) is 0. The van der Waals surface area contributed by atoms with Crippen LogP contribution in [-0.4, -0.2) is 28.8 Å². The van der Waals surface area contributed by atoms with Crippen molar-refractivity contribution in [2.45, 2.75) is 52.4 Å². The molecule has 0 N–H and O–H groups in total. The van der Waals surface area contributed by atoms with Gasteiger partial charge in [0, 0.05) is 41.9 Å². The van der Waals surface area contributed by atoms with E-state index in [0.717, 1.165) is 71.5 Å². The Morgan fingerprint density at radius 1 is 1.10 bits per heavy atom. The third-order valence-corrected chi connectivity index (χ3v) is 7.81. The third kappa shape index (κ3) is 5.91. The number of ketones is 1. The van der Waals surface area contributed by atoms with E-state index in [1.807, 2.05) is 61.7 Å². The fourth-order valence-corrected chi connectivity index (χ4v) is 5.14. The van der Waals surface area contributed by atoms with E-state index in [0.29, 0.717) is 17.0 Å². The molecule has 1 saturated heterocycles. The first-order valence-electron chi connectivity index (χ1n) is 13.8. The maximum absolute atomic E-state index is 13.2. The first-order valence-corrected chi connectivity index (χ1v) is 13.8. The van der Waals surface area contributed by atoms with E-state index in [2.05, 4.69) is 41.9 Å². The van der Waals surface area contributed by atoms with Crippen LogP contribution >= 0.6 is 0 Å². The molecule has 2 aromatic carbocycles. The summed E-state index contributed by atoms with van der Waals surface area (Å²) in [7, 11) is 0. The highest BCUT2D eigenvalue weighted by Crippen LogP contribution is 2.29. The molecule has 0 spiro atoms. The molecule has 5 heteroatoms.